The Morgan fingerprint density at radius 3 is 2.67 bits per heavy atom. The predicted molar refractivity (Wildman–Crippen MR) is 95.7 cm³/mol. The van der Waals surface area contributed by atoms with Crippen LogP contribution in [-0.2, 0) is 6.18 Å². The summed E-state index contributed by atoms with van der Waals surface area (Å²) in [6.07, 6.45) is -0.415. The van der Waals surface area contributed by atoms with Crippen molar-refractivity contribution in [2.24, 2.45) is 5.92 Å². The second-order valence-corrected chi connectivity index (χ2v) is 6.80. The number of alkyl halides is 3. The van der Waals surface area contributed by atoms with Crippen LogP contribution in [-0.4, -0.2) is 47.3 Å². The molecule has 1 amide bonds. The molecule has 1 aromatic heterocycles. The summed E-state index contributed by atoms with van der Waals surface area (Å²) in [5.74, 6) is 0.455. The third-order valence-electron chi connectivity index (χ3n) is 4.98. The van der Waals surface area contributed by atoms with Gasteiger partial charge in [0, 0.05) is 18.7 Å². The largest absolute Gasteiger partial charge is 0.433 e. The topological polar surface area (TPSA) is 50.2 Å². The maximum Gasteiger partial charge on any atom is 0.433 e. The van der Waals surface area contributed by atoms with E-state index in [0.29, 0.717) is 24.6 Å². The van der Waals surface area contributed by atoms with E-state index in [1.54, 1.807) is 17.0 Å². The van der Waals surface area contributed by atoms with Crippen LogP contribution in [0.15, 0.2) is 36.5 Å². The van der Waals surface area contributed by atoms with Gasteiger partial charge in [0.2, 0.25) is 0 Å². The van der Waals surface area contributed by atoms with Gasteiger partial charge < -0.3 is 10.2 Å². The molecular formula is C19H23F3N4O. The van der Waals surface area contributed by atoms with Crippen LogP contribution < -0.4 is 5.32 Å². The van der Waals surface area contributed by atoms with Gasteiger partial charge in [0.15, 0.2) is 0 Å². The molecule has 0 unspecified atom stereocenters. The number of benzene rings is 1. The van der Waals surface area contributed by atoms with Crippen LogP contribution in [0.4, 0.5) is 13.2 Å². The molecule has 2 heterocycles. The first-order chi connectivity index (χ1) is 12.9. The maximum atomic E-state index is 13.1. The second-order valence-electron chi connectivity index (χ2n) is 6.80. The number of nitrogens with one attached hydrogen (secondary N) is 1. The standard InChI is InChI=1S/C19H23F3N4O/c1-23-9-5-14-7-11-25(12-8-14)18(27)15-3-2-4-16(13-15)26-17(6-10-24-26)19(20,21)22/h2-4,6,10,13-14,23H,5,7-9,11-12H2,1H3. The fourth-order valence-corrected chi connectivity index (χ4v) is 3.45. The molecule has 2 aromatic rings. The highest BCUT2D eigenvalue weighted by atomic mass is 19.4. The van der Waals surface area contributed by atoms with Crippen molar-refractivity contribution in [1.82, 2.24) is 20.0 Å². The van der Waals surface area contributed by atoms with Gasteiger partial charge in [-0.1, -0.05) is 6.07 Å². The first-order valence-corrected chi connectivity index (χ1v) is 9.05. The molecule has 5 nitrogen and oxygen atoms in total. The van der Waals surface area contributed by atoms with E-state index in [1.165, 1.54) is 12.1 Å². The van der Waals surface area contributed by atoms with Gasteiger partial charge in [0.25, 0.3) is 5.91 Å². The number of hydrogen-bond acceptors (Lipinski definition) is 3. The minimum Gasteiger partial charge on any atom is -0.339 e. The average molecular weight is 380 g/mol. The zero-order valence-corrected chi connectivity index (χ0v) is 15.2. The van der Waals surface area contributed by atoms with Crippen LogP contribution >= 0.6 is 0 Å². The molecule has 146 valence electrons. The van der Waals surface area contributed by atoms with Crippen molar-refractivity contribution in [3.8, 4) is 5.69 Å². The van der Waals surface area contributed by atoms with Gasteiger partial charge in [0.05, 0.1) is 11.9 Å². The lowest BCUT2D eigenvalue weighted by atomic mass is 9.93. The summed E-state index contributed by atoms with van der Waals surface area (Å²) >= 11 is 0. The van der Waals surface area contributed by atoms with Gasteiger partial charge in [-0.25, -0.2) is 4.68 Å². The van der Waals surface area contributed by atoms with Crippen molar-refractivity contribution in [3.05, 3.63) is 47.8 Å². The molecule has 1 fully saturated rings. The Hall–Kier alpha value is -2.35. The van der Waals surface area contributed by atoms with Crippen LogP contribution in [0.3, 0.4) is 0 Å². The molecule has 1 aromatic carbocycles. The highest BCUT2D eigenvalue weighted by Gasteiger charge is 2.35. The van der Waals surface area contributed by atoms with Crippen molar-refractivity contribution in [3.63, 3.8) is 0 Å². The van der Waals surface area contributed by atoms with Crippen LogP contribution in [0, 0.1) is 5.92 Å². The van der Waals surface area contributed by atoms with Gasteiger partial charge in [-0.3, -0.25) is 4.79 Å². The molecular weight excluding hydrogens is 357 g/mol. The summed E-state index contributed by atoms with van der Waals surface area (Å²) in [5.41, 5.74) is -0.260. The molecule has 27 heavy (non-hydrogen) atoms. The highest BCUT2D eigenvalue weighted by molar-refractivity contribution is 5.94. The van der Waals surface area contributed by atoms with E-state index in [1.807, 2.05) is 7.05 Å². The number of likely N-dealkylation sites (tertiary alicyclic amines) is 1. The smallest absolute Gasteiger partial charge is 0.339 e. The summed E-state index contributed by atoms with van der Waals surface area (Å²) in [4.78, 5) is 14.6. The lowest BCUT2D eigenvalue weighted by molar-refractivity contribution is -0.142. The van der Waals surface area contributed by atoms with Crippen molar-refractivity contribution in [2.45, 2.75) is 25.4 Å². The summed E-state index contributed by atoms with van der Waals surface area (Å²) in [7, 11) is 1.93. The van der Waals surface area contributed by atoms with E-state index < -0.39 is 11.9 Å². The van der Waals surface area contributed by atoms with Crippen molar-refractivity contribution >= 4 is 5.91 Å². The van der Waals surface area contributed by atoms with E-state index in [-0.39, 0.29) is 11.6 Å². The number of nitrogens with zero attached hydrogens (tertiary/aromatic N) is 3. The number of carbonyl (C=O) groups excluding carboxylic acids is 1. The van der Waals surface area contributed by atoms with E-state index in [2.05, 4.69) is 10.4 Å². The monoisotopic (exact) mass is 380 g/mol. The number of amides is 1. The van der Waals surface area contributed by atoms with E-state index >= 15 is 0 Å². The minimum absolute atomic E-state index is 0.148. The Labute approximate surface area is 156 Å². The first kappa shape index (κ1) is 19.4. The normalized spacial score (nSPS) is 15.9. The molecule has 8 heteroatoms. The average Bonchev–Trinajstić information content (AvgIpc) is 3.17. The number of hydrogen-bond donors (Lipinski definition) is 1. The lowest BCUT2D eigenvalue weighted by Gasteiger charge is -2.32. The van der Waals surface area contributed by atoms with E-state index in [9.17, 15) is 18.0 Å². The third-order valence-corrected chi connectivity index (χ3v) is 4.98. The van der Waals surface area contributed by atoms with Crippen LogP contribution in [0.2, 0.25) is 0 Å². The van der Waals surface area contributed by atoms with E-state index in [0.717, 1.165) is 42.8 Å². The van der Waals surface area contributed by atoms with Crippen molar-refractivity contribution in [1.29, 1.82) is 0 Å². The molecule has 1 aliphatic rings. The molecule has 0 spiro atoms. The minimum atomic E-state index is -4.51. The summed E-state index contributed by atoms with van der Waals surface area (Å²) in [6, 6.07) is 7.13. The van der Waals surface area contributed by atoms with Crippen LogP contribution in [0.1, 0.15) is 35.3 Å². The van der Waals surface area contributed by atoms with Crippen molar-refractivity contribution in [2.75, 3.05) is 26.7 Å². The highest BCUT2D eigenvalue weighted by Crippen LogP contribution is 2.30. The SMILES string of the molecule is CNCCC1CCN(C(=O)c2cccc(-n3nccc3C(F)(F)F)c2)CC1. The molecule has 0 radical (unpaired) electrons. The van der Waals surface area contributed by atoms with Crippen molar-refractivity contribution < 1.29 is 18.0 Å². The number of aromatic nitrogens is 2. The zero-order chi connectivity index (χ0) is 19.4. The molecule has 0 aliphatic carbocycles. The number of carbonyl (C=O) groups is 1. The van der Waals surface area contributed by atoms with Gasteiger partial charge >= 0.3 is 6.18 Å². The summed E-state index contributed by atoms with van der Waals surface area (Å²) in [6.45, 7) is 2.31. The van der Waals surface area contributed by atoms with Crippen LogP contribution in [0.25, 0.3) is 5.69 Å². The molecule has 1 saturated heterocycles. The van der Waals surface area contributed by atoms with E-state index in [4.69, 9.17) is 0 Å². The second kappa shape index (κ2) is 8.12. The molecule has 3 rings (SSSR count). The third kappa shape index (κ3) is 4.50. The zero-order valence-electron chi connectivity index (χ0n) is 15.2. The summed E-state index contributed by atoms with van der Waals surface area (Å²) in [5, 5.41) is 6.91. The number of rotatable bonds is 5. The van der Waals surface area contributed by atoms with Gasteiger partial charge in [0.1, 0.15) is 5.69 Å². The fourth-order valence-electron chi connectivity index (χ4n) is 3.45. The molecule has 1 aliphatic heterocycles. The molecule has 0 atom stereocenters. The van der Waals surface area contributed by atoms with Gasteiger partial charge in [-0.2, -0.15) is 18.3 Å². The first-order valence-electron chi connectivity index (χ1n) is 9.05. The van der Waals surface area contributed by atoms with Crippen LogP contribution in [0.5, 0.6) is 0 Å². The number of piperidine rings is 1. The molecule has 0 saturated carbocycles. The Balaban J connectivity index is 1.73. The summed E-state index contributed by atoms with van der Waals surface area (Å²) < 4.78 is 40.1. The predicted octanol–water partition coefficient (Wildman–Crippen LogP) is 3.35. The fraction of sp³-hybridized carbons (Fsp3) is 0.474. The molecule has 0 bridgehead atoms. The quantitative estimate of drug-likeness (QED) is 0.866. The lowest BCUT2D eigenvalue weighted by Crippen LogP contribution is -2.39. The Morgan fingerprint density at radius 2 is 2.00 bits per heavy atom. The Morgan fingerprint density at radius 1 is 1.26 bits per heavy atom. The Kier molecular flexibility index (Phi) is 5.84. The van der Waals surface area contributed by atoms with Gasteiger partial charge in [-0.15, -0.1) is 0 Å². The Bertz CT molecular complexity index is 779. The number of halogens is 3. The van der Waals surface area contributed by atoms with Gasteiger partial charge in [-0.05, 0) is 63.0 Å². The molecule has 1 N–H and O–H groups in total. The maximum absolute atomic E-state index is 13.1.